The summed E-state index contributed by atoms with van der Waals surface area (Å²) in [4.78, 5) is 15.7. The van der Waals surface area contributed by atoms with Crippen molar-refractivity contribution < 1.29 is 9.53 Å². The largest absolute Gasteiger partial charge is 0.496 e. The Balaban J connectivity index is 0.000000199. The summed E-state index contributed by atoms with van der Waals surface area (Å²) in [7, 11) is 1.50. The van der Waals surface area contributed by atoms with Crippen LogP contribution in [0.4, 0.5) is 5.13 Å². The highest BCUT2D eigenvalue weighted by atomic mass is 35.5. The van der Waals surface area contributed by atoms with Gasteiger partial charge in [-0.25, -0.2) is 4.98 Å². The standard InChI is InChI=1S/C8H7ClO2.C4H6N2S/c1-11-7-5-3-2-4-6(7)8(9)10;1-3-2-6-4(5)7-3/h2-5H,1H3;2H,1H3,(H2,5,6). The van der Waals surface area contributed by atoms with Crippen molar-refractivity contribution in [2.75, 3.05) is 12.8 Å². The lowest BCUT2D eigenvalue weighted by Crippen LogP contribution is -1.93. The van der Waals surface area contributed by atoms with Crippen LogP contribution in [-0.2, 0) is 0 Å². The van der Waals surface area contributed by atoms with Gasteiger partial charge >= 0.3 is 0 Å². The topological polar surface area (TPSA) is 65.2 Å². The van der Waals surface area contributed by atoms with Crippen molar-refractivity contribution in [1.82, 2.24) is 4.98 Å². The molecule has 0 saturated carbocycles. The highest BCUT2D eigenvalue weighted by Gasteiger charge is 2.06. The number of nitrogens with two attached hydrogens (primary N) is 1. The molecule has 0 aliphatic rings. The monoisotopic (exact) mass is 284 g/mol. The quantitative estimate of drug-likeness (QED) is 0.861. The third-order valence-corrected chi connectivity index (χ3v) is 2.90. The number of aromatic nitrogens is 1. The Kier molecular flexibility index (Phi) is 5.61. The van der Waals surface area contributed by atoms with Gasteiger partial charge < -0.3 is 10.5 Å². The van der Waals surface area contributed by atoms with Crippen LogP contribution >= 0.6 is 22.9 Å². The summed E-state index contributed by atoms with van der Waals surface area (Å²) in [5, 5.41) is 0.153. The van der Waals surface area contributed by atoms with E-state index in [1.807, 2.05) is 6.92 Å². The smallest absolute Gasteiger partial charge is 0.256 e. The van der Waals surface area contributed by atoms with Gasteiger partial charge in [0.2, 0.25) is 0 Å². The number of ether oxygens (including phenoxy) is 1. The first-order valence-electron chi connectivity index (χ1n) is 5.05. The number of nitrogens with zero attached hydrogens (tertiary/aromatic N) is 1. The minimum Gasteiger partial charge on any atom is -0.496 e. The normalized spacial score (nSPS) is 9.28. The number of carbonyl (C=O) groups excluding carboxylic acids is 1. The molecule has 0 fully saturated rings. The fourth-order valence-corrected chi connectivity index (χ4v) is 1.88. The van der Waals surface area contributed by atoms with E-state index in [-0.39, 0.29) is 0 Å². The van der Waals surface area contributed by atoms with Crippen molar-refractivity contribution in [3.8, 4) is 5.75 Å². The molecular weight excluding hydrogens is 272 g/mol. The minimum absolute atomic E-state index is 0.400. The fraction of sp³-hybridized carbons (Fsp3) is 0.167. The van der Waals surface area contributed by atoms with Gasteiger partial charge in [0, 0.05) is 11.1 Å². The minimum atomic E-state index is -0.498. The summed E-state index contributed by atoms with van der Waals surface area (Å²) in [6.07, 6.45) is 1.76. The Morgan fingerprint density at radius 1 is 1.44 bits per heavy atom. The van der Waals surface area contributed by atoms with E-state index in [0.29, 0.717) is 16.4 Å². The predicted molar refractivity (Wildman–Crippen MR) is 74.4 cm³/mol. The lowest BCUT2D eigenvalue weighted by molar-refractivity contribution is 0.107. The zero-order valence-corrected chi connectivity index (χ0v) is 11.6. The number of methoxy groups -OCH3 is 1. The van der Waals surface area contributed by atoms with Crippen LogP contribution in [0.2, 0.25) is 0 Å². The van der Waals surface area contributed by atoms with Crippen LogP contribution in [0.25, 0.3) is 0 Å². The Bertz CT molecular complexity index is 512. The van der Waals surface area contributed by atoms with Crippen molar-refractivity contribution in [3.05, 3.63) is 40.9 Å². The van der Waals surface area contributed by atoms with Crippen molar-refractivity contribution in [3.63, 3.8) is 0 Å². The maximum Gasteiger partial charge on any atom is 0.256 e. The zero-order valence-electron chi connectivity index (χ0n) is 10.0. The number of halogens is 1. The average molecular weight is 285 g/mol. The fourth-order valence-electron chi connectivity index (χ4n) is 1.18. The molecule has 18 heavy (non-hydrogen) atoms. The van der Waals surface area contributed by atoms with Gasteiger partial charge in [0.25, 0.3) is 5.24 Å². The maximum atomic E-state index is 10.7. The van der Waals surface area contributed by atoms with Crippen LogP contribution in [0.3, 0.4) is 0 Å². The number of thiazole rings is 1. The summed E-state index contributed by atoms with van der Waals surface area (Å²) >= 11 is 6.78. The van der Waals surface area contributed by atoms with Crippen LogP contribution in [0.5, 0.6) is 5.75 Å². The number of aryl methyl sites for hydroxylation is 1. The Morgan fingerprint density at radius 3 is 2.44 bits per heavy atom. The maximum absolute atomic E-state index is 10.7. The SMILES string of the molecule is COc1ccccc1C(=O)Cl.Cc1cnc(N)s1. The molecule has 2 aromatic rings. The second kappa shape index (κ2) is 6.98. The second-order valence-corrected chi connectivity index (χ2v) is 4.89. The summed E-state index contributed by atoms with van der Waals surface area (Å²) in [5.41, 5.74) is 5.69. The van der Waals surface area contributed by atoms with Crippen LogP contribution in [-0.4, -0.2) is 17.3 Å². The molecule has 1 aromatic heterocycles. The van der Waals surface area contributed by atoms with Gasteiger partial charge in [0.05, 0.1) is 12.7 Å². The molecule has 6 heteroatoms. The molecular formula is C12H13ClN2O2S. The zero-order chi connectivity index (χ0) is 13.5. The Morgan fingerprint density at radius 2 is 2.11 bits per heavy atom. The molecule has 0 bridgehead atoms. The summed E-state index contributed by atoms with van der Waals surface area (Å²) < 4.78 is 4.90. The summed E-state index contributed by atoms with van der Waals surface area (Å²) in [5.74, 6) is 0.507. The van der Waals surface area contributed by atoms with E-state index in [4.69, 9.17) is 22.1 Å². The molecule has 4 nitrogen and oxygen atoms in total. The van der Waals surface area contributed by atoms with Crippen LogP contribution in [0, 0.1) is 6.92 Å². The summed E-state index contributed by atoms with van der Waals surface area (Å²) in [6, 6.07) is 6.82. The van der Waals surface area contributed by atoms with Gasteiger partial charge in [-0.3, -0.25) is 4.79 Å². The van der Waals surface area contributed by atoms with Crippen LogP contribution in [0.15, 0.2) is 30.5 Å². The Labute approximate surface area is 114 Å². The third kappa shape index (κ3) is 4.35. The van der Waals surface area contributed by atoms with E-state index in [1.165, 1.54) is 18.4 Å². The molecule has 2 N–H and O–H groups in total. The molecule has 0 aliphatic carbocycles. The Hall–Kier alpha value is -1.59. The van der Waals surface area contributed by atoms with E-state index in [2.05, 4.69) is 4.98 Å². The number of para-hydroxylation sites is 1. The number of carbonyl (C=O) groups is 1. The van der Waals surface area contributed by atoms with Crippen molar-refractivity contribution in [2.45, 2.75) is 6.92 Å². The predicted octanol–water partition coefficient (Wildman–Crippen LogP) is 3.11. The van der Waals surface area contributed by atoms with E-state index < -0.39 is 5.24 Å². The van der Waals surface area contributed by atoms with Crippen molar-refractivity contribution in [2.24, 2.45) is 0 Å². The van der Waals surface area contributed by atoms with Crippen molar-refractivity contribution in [1.29, 1.82) is 0 Å². The number of benzene rings is 1. The lowest BCUT2D eigenvalue weighted by atomic mass is 10.2. The average Bonchev–Trinajstić information content (AvgIpc) is 2.73. The molecule has 0 saturated heterocycles. The molecule has 0 unspecified atom stereocenters. The molecule has 0 spiro atoms. The van der Waals surface area contributed by atoms with E-state index >= 15 is 0 Å². The van der Waals surface area contributed by atoms with Crippen LogP contribution in [0.1, 0.15) is 15.2 Å². The molecule has 0 atom stereocenters. The van der Waals surface area contributed by atoms with Gasteiger partial charge in [0.1, 0.15) is 5.75 Å². The highest BCUT2D eigenvalue weighted by molar-refractivity contribution is 7.15. The third-order valence-electron chi connectivity index (χ3n) is 1.96. The molecule has 0 aliphatic heterocycles. The first kappa shape index (κ1) is 14.5. The molecule has 1 heterocycles. The van der Waals surface area contributed by atoms with E-state index in [1.54, 1.807) is 30.5 Å². The number of rotatable bonds is 2. The molecule has 2 rings (SSSR count). The lowest BCUT2D eigenvalue weighted by Gasteiger charge is -2.01. The van der Waals surface area contributed by atoms with Gasteiger partial charge in [-0.2, -0.15) is 0 Å². The summed E-state index contributed by atoms with van der Waals surface area (Å²) in [6.45, 7) is 1.98. The first-order valence-corrected chi connectivity index (χ1v) is 6.24. The van der Waals surface area contributed by atoms with Gasteiger partial charge in [-0.05, 0) is 30.7 Å². The van der Waals surface area contributed by atoms with Crippen molar-refractivity contribution >= 4 is 33.3 Å². The van der Waals surface area contributed by atoms with Gasteiger partial charge in [0.15, 0.2) is 5.13 Å². The molecule has 0 radical (unpaired) electrons. The molecule has 96 valence electrons. The van der Waals surface area contributed by atoms with Gasteiger partial charge in [-0.1, -0.05) is 12.1 Å². The number of nitrogen functional groups attached to an aromatic ring is 1. The molecule has 0 amide bonds. The van der Waals surface area contributed by atoms with E-state index in [0.717, 1.165) is 4.88 Å². The second-order valence-electron chi connectivity index (χ2n) is 3.28. The highest BCUT2D eigenvalue weighted by Crippen LogP contribution is 2.18. The molecule has 1 aromatic carbocycles. The van der Waals surface area contributed by atoms with E-state index in [9.17, 15) is 4.79 Å². The first-order chi connectivity index (χ1) is 8.54. The number of hydrogen-bond donors (Lipinski definition) is 1. The number of anilines is 1. The van der Waals surface area contributed by atoms with Gasteiger partial charge in [-0.15, -0.1) is 11.3 Å². The number of hydrogen-bond acceptors (Lipinski definition) is 5. The van der Waals surface area contributed by atoms with Crippen LogP contribution < -0.4 is 10.5 Å².